The van der Waals surface area contributed by atoms with Gasteiger partial charge in [0.15, 0.2) is 0 Å². The molecule has 2 saturated heterocycles. The van der Waals surface area contributed by atoms with Gasteiger partial charge in [-0.2, -0.15) is 0 Å². The van der Waals surface area contributed by atoms with Crippen molar-refractivity contribution in [2.75, 3.05) is 0 Å². The molecule has 2 aliphatic heterocycles. The maximum atomic E-state index is 12.3. The highest BCUT2D eigenvalue weighted by Crippen LogP contribution is 2.26. The number of carbonyl (C=O) groups excluding carboxylic acids is 1. The molecule has 4 rings (SSSR count). The van der Waals surface area contributed by atoms with Crippen molar-refractivity contribution in [3.05, 3.63) is 52.0 Å². The second-order valence-electron chi connectivity index (χ2n) is 6.95. The number of nitrogens with zero attached hydrogens (tertiary/aromatic N) is 1. The van der Waals surface area contributed by atoms with Crippen LogP contribution in [0.25, 0.3) is 0 Å². The molecule has 7 heteroatoms. The van der Waals surface area contributed by atoms with Crippen LogP contribution in [0.3, 0.4) is 0 Å². The summed E-state index contributed by atoms with van der Waals surface area (Å²) >= 11 is 1.64. The molecule has 1 amide bonds. The van der Waals surface area contributed by atoms with Crippen LogP contribution in [0.5, 0.6) is 0 Å². The number of rotatable bonds is 5. The lowest BCUT2D eigenvalue weighted by molar-refractivity contribution is -0.121. The quantitative estimate of drug-likeness (QED) is 0.787. The summed E-state index contributed by atoms with van der Waals surface area (Å²) in [5.41, 5.74) is 2.15. The normalized spacial score (nSPS) is 23.6. The Balaban J connectivity index is 0.00000121. The Morgan fingerprint density at radius 3 is 2.54 bits per heavy atom. The van der Waals surface area contributed by atoms with Crippen LogP contribution < -0.4 is 10.6 Å². The molecule has 2 unspecified atom stereocenters. The van der Waals surface area contributed by atoms with Crippen molar-refractivity contribution in [1.29, 1.82) is 0 Å². The summed E-state index contributed by atoms with van der Waals surface area (Å²) in [5, 5.41) is 9.91. The van der Waals surface area contributed by atoms with Gasteiger partial charge >= 0.3 is 0 Å². The summed E-state index contributed by atoms with van der Waals surface area (Å²) in [7, 11) is 0. The van der Waals surface area contributed by atoms with Crippen LogP contribution in [0.1, 0.15) is 41.9 Å². The summed E-state index contributed by atoms with van der Waals surface area (Å²) in [6, 6.07) is 11.9. The summed E-state index contributed by atoms with van der Waals surface area (Å²) in [6.07, 6.45) is 5.88. The van der Waals surface area contributed by atoms with Gasteiger partial charge in [0.1, 0.15) is 0 Å². The Bertz CT molecular complexity index is 698. The lowest BCUT2D eigenvalue weighted by Crippen LogP contribution is -2.48. The molecule has 0 saturated carbocycles. The van der Waals surface area contributed by atoms with Crippen LogP contribution in [0, 0.1) is 0 Å². The van der Waals surface area contributed by atoms with Crippen molar-refractivity contribution in [2.24, 2.45) is 0 Å². The molecule has 4 nitrogen and oxygen atoms in total. The van der Waals surface area contributed by atoms with Crippen molar-refractivity contribution >= 4 is 42.1 Å². The Kier molecular flexibility index (Phi) is 7.89. The second-order valence-corrected chi connectivity index (χ2v) is 7.89. The molecule has 2 atom stereocenters. The fourth-order valence-corrected chi connectivity index (χ4v) is 4.73. The van der Waals surface area contributed by atoms with E-state index in [1.54, 1.807) is 11.3 Å². The summed E-state index contributed by atoms with van der Waals surface area (Å²) in [6.45, 7) is 0. The van der Waals surface area contributed by atoms with E-state index in [4.69, 9.17) is 0 Å². The fraction of sp³-hybridized carbons (Fsp3) is 0.474. The van der Waals surface area contributed by atoms with E-state index >= 15 is 0 Å². The smallest absolute Gasteiger partial charge is 0.226 e. The number of carbonyl (C=O) groups is 1. The molecule has 2 fully saturated rings. The molecule has 0 radical (unpaired) electrons. The molecule has 2 N–H and O–H groups in total. The maximum absolute atomic E-state index is 12.3. The zero-order valence-electron chi connectivity index (χ0n) is 14.5. The highest BCUT2D eigenvalue weighted by atomic mass is 35.5. The molecular formula is C19H25Cl2N3OS. The minimum absolute atomic E-state index is 0. The number of nitrogens with one attached hydrogen (secondary N) is 2. The van der Waals surface area contributed by atoms with Crippen LogP contribution in [0.15, 0.2) is 35.7 Å². The van der Waals surface area contributed by atoms with Crippen molar-refractivity contribution in [1.82, 2.24) is 15.6 Å². The lowest BCUT2D eigenvalue weighted by atomic mass is 9.99. The SMILES string of the molecule is Cl.Cl.O=C(Cc1csc(Cc2ccccc2)n1)NC1CC2CCC(C1)N2. The Morgan fingerprint density at radius 2 is 1.85 bits per heavy atom. The molecule has 1 aromatic carbocycles. The van der Waals surface area contributed by atoms with Crippen LogP contribution in [-0.4, -0.2) is 29.0 Å². The topological polar surface area (TPSA) is 54.0 Å². The van der Waals surface area contributed by atoms with E-state index in [1.165, 1.54) is 18.4 Å². The van der Waals surface area contributed by atoms with Crippen LogP contribution in [0.2, 0.25) is 0 Å². The van der Waals surface area contributed by atoms with E-state index in [-0.39, 0.29) is 30.7 Å². The van der Waals surface area contributed by atoms with Gasteiger partial charge in [0.05, 0.1) is 17.1 Å². The first-order valence-electron chi connectivity index (χ1n) is 8.77. The van der Waals surface area contributed by atoms with Crippen molar-refractivity contribution in [3.63, 3.8) is 0 Å². The monoisotopic (exact) mass is 413 g/mol. The number of piperidine rings is 1. The fourth-order valence-electron chi connectivity index (χ4n) is 3.90. The van der Waals surface area contributed by atoms with Gasteiger partial charge in [-0.3, -0.25) is 4.79 Å². The molecule has 3 heterocycles. The predicted octanol–water partition coefficient (Wildman–Crippen LogP) is 3.52. The molecule has 0 spiro atoms. The number of benzene rings is 1. The van der Waals surface area contributed by atoms with E-state index < -0.39 is 0 Å². The first kappa shape index (κ1) is 21.2. The minimum atomic E-state index is 0. The number of halogens is 2. The maximum Gasteiger partial charge on any atom is 0.226 e. The first-order valence-corrected chi connectivity index (χ1v) is 9.65. The third kappa shape index (κ3) is 5.43. The lowest BCUT2D eigenvalue weighted by Gasteiger charge is -2.29. The van der Waals surface area contributed by atoms with Gasteiger partial charge in [-0.05, 0) is 31.2 Å². The Morgan fingerprint density at radius 1 is 1.15 bits per heavy atom. The van der Waals surface area contributed by atoms with Gasteiger partial charge in [0, 0.05) is 29.9 Å². The second kappa shape index (κ2) is 9.70. The average molecular weight is 414 g/mol. The highest BCUT2D eigenvalue weighted by Gasteiger charge is 2.33. The average Bonchev–Trinajstić information content (AvgIpc) is 3.14. The van der Waals surface area contributed by atoms with E-state index in [1.807, 2.05) is 23.6 Å². The molecular weight excluding hydrogens is 389 g/mol. The zero-order chi connectivity index (χ0) is 16.4. The van der Waals surface area contributed by atoms with Crippen molar-refractivity contribution in [2.45, 2.75) is 56.7 Å². The van der Waals surface area contributed by atoms with Gasteiger partial charge < -0.3 is 10.6 Å². The van der Waals surface area contributed by atoms with Gasteiger partial charge in [-0.15, -0.1) is 36.2 Å². The standard InChI is InChI=1S/C19H23N3OS.2ClH/c23-18(21-16-9-14-6-7-15(10-16)20-14)11-17-12-24-19(22-17)8-13-4-2-1-3-5-13;;/h1-5,12,14-16,20H,6-11H2,(H,21,23);2*1H. The highest BCUT2D eigenvalue weighted by molar-refractivity contribution is 7.09. The van der Waals surface area contributed by atoms with Gasteiger partial charge in [-0.25, -0.2) is 4.98 Å². The van der Waals surface area contributed by atoms with E-state index in [0.717, 1.165) is 30.0 Å². The largest absolute Gasteiger partial charge is 0.353 e. The molecule has 2 aliphatic rings. The number of aromatic nitrogens is 1. The minimum Gasteiger partial charge on any atom is -0.353 e. The first-order chi connectivity index (χ1) is 11.7. The van der Waals surface area contributed by atoms with Gasteiger partial charge in [-0.1, -0.05) is 30.3 Å². The van der Waals surface area contributed by atoms with Gasteiger partial charge in [0.25, 0.3) is 0 Å². The van der Waals surface area contributed by atoms with Gasteiger partial charge in [0.2, 0.25) is 5.91 Å². The van der Waals surface area contributed by atoms with Crippen LogP contribution >= 0.6 is 36.2 Å². The molecule has 0 aliphatic carbocycles. The molecule has 1 aromatic heterocycles. The molecule has 26 heavy (non-hydrogen) atoms. The predicted molar refractivity (Wildman–Crippen MR) is 111 cm³/mol. The summed E-state index contributed by atoms with van der Waals surface area (Å²) in [4.78, 5) is 16.9. The van der Waals surface area contributed by atoms with Crippen molar-refractivity contribution < 1.29 is 4.79 Å². The molecule has 2 aromatic rings. The molecule has 2 bridgehead atoms. The number of hydrogen-bond donors (Lipinski definition) is 2. The van der Waals surface area contributed by atoms with Crippen LogP contribution in [-0.2, 0) is 17.6 Å². The number of thiazole rings is 1. The van der Waals surface area contributed by atoms with Crippen LogP contribution in [0.4, 0.5) is 0 Å². The Labute approximate surface area is 171 Å². The van der Waals surface area contributed by atoms with E-state index in [0.29, 0.717) is 24.5 Å². The van der Waals surface area contributed by atoms with E-state index in [9.17, 15) is 4.79 Å². The number of fused-ring (bicyclic) bond motifs is 2. The zero-order valence-corrected chi connectivity index (χ0v) is 17.0. The number of hydrogen-bond acceptors (Lipinski definition) is 4. The number of amides is 1. The van der Waals surface area contributed by atoms with Crippen molar-refractivity contribution in [3.8, 4) is 0 Å². The Hall–Kier alpha value is -1.14. The summed E-state index contributed by atoms with van der Waals surface area (Å²) in [5.74, 6) is 0.109. The third-order valence-electron chi connectivity index (χ3n) is 4.98. The molecule has 142 valence electrons. The summed E-state index contributed by atoms with van der Waals surface area (Å²) < 4.78 is 0. The third-order valence-corrected chi connectivity index (χ3v) is 5.87. The van der Waals surface area contributed by atoms with E-state index in [2.05, 4.69) is 27.8 Å².